The third-order valence-corrected chi connectivity index (χ3v) is 4.19. The summed E-state index contributed by atoms with van der Waals surface area (Å²) in [7, 11) is -4.12. The number of aromatic carboxylic acids is 1. The van der Waals surface area contributed by atoms with Crippen molar-refractivity contribution in [2.45, 2.75) is 6.42 Å². The fraction of sp³-hybridized carbons (Fsp3) is 0.176. The molecule has 0 aliphatic carbocycles. The molecule has 0 saturated heterocycles. The van der Waals surface area contributed by atoms with E-state index in [1.165, 1.54) is 18.2 Å². The molecule has 2 aromatic carbocycles. The Bertz CT molecular complexity index is 1000. The highest BCUT2D eigenvalue weighted by Crippen LogP contribution is 2.25. The first kappa shape index (κ1) is 21.0. The summed E-state index contributed by atoms with van der Waals surface area (Å²) in [5, 5.41) is 28.7. The molecule has 28 heavy (non-hydrogen) atoms. The topological polar surface area (TPSA) is 166 Å². The van der Waals surface area contributed by atoms with Crippen LogP contribution in [0.25, 0.3) is 0 Å². The summed E-state index contributed by atoms with van der Waals surface area (Å²) < 4.78 is 29.8. The van der Waals surface area contributed by atoms with E-state index in [1.54, 1.807) is 24.3 Å². The lowest BCUT2D eigenvalue weighted by molar-refractivity contribution is -0.120. The summed E-state index contributed by atoms with van der Waals surface area (Å²) in [5.41, 5.74) is 1.07. The zero-order valence-corrected chi connectivity index (χ0v) is 15.3. The quantitative estimate of drug-likeness (QED) is 0.384. The van der Waals surface area contributed by atoms with Crippen LogP contribution in [0.3, 0.4) is 0 Å². The minimum atomic E-state index is -4.12. The zero-order chi connectivity index (χ0) is 20.7. The SMILES string of the molecule is O=C(Cc1ccc(/N=N/c2ccc(O)c(C(=O)O)c2)cc1)NCCS(=O)(=O)O. The normalized spacial score (nSPS) is 11.5. The fourth-order valence-electron chi connectivity index (χ4n) is 2.12. The van der Waals surface area contributed by atoms with Gasteiger partial charge >= 0.3 is 5.97 Å². The lowest BCUT2D eigenvalue weighted by Crippen LogP contribution is -2.30. The van der Waals surface area contributed by atoms with Gasteiger partial charge < -0.3 is 15.5 Å². The van der Waals surface area contributed by atoms with Crippen molar-refractivity contribution < 1.29 is 32.8 Å². The van der Waals surface area contributed by atoms with Gasteiger partial charge in [0.1, 0.15) is 11.3 Å². The number of rotatable bonds is 8. The number of carboxylic acid groups (broad SMARTS) is 1. The number of phenols is 1. The number of hydrogen-bond donors (Lipinski definition) is 4. The predicted molar refractivity (Wildman–Crippen MR) is 98.8 cm³/mol. The Hall–Kier alpha value is -3.31. The second-order valence-corrected chi connectivity index (χ2v) is 7.26. The molecule has 0 saturated carbocycles. The molecule has 148 valence electrons. The molecule has 11 heteroatoms. The van der Waals surface area contributed by atoms with Gasteiger partial charge in [0.2, 0.25) is 5.91 Å². The van der Waals surface area contributed by atoms with Crippen LogP contribution in [-0.2, 0) is 21.3 Å². The molecule has 0 unspecified atom stereocenters. The van der Waals surface area contributed by atoms with Gasteiger partial charge in [0, 0.05) is 6.54 Å². The van der Waals surface area contributed by atoms with Crippen molar-refractivity contribution in [2.24, 2.45) is 10.2 Å². The van der Waals surface area contributed by atoms with Crippen molar-refractivity contribution in [3.63, 3.8) is 0 Å². The molecule has 2 rings (SSSR count). The summed E-state index contributed by atoms with van der Waals surface area (Å²) in [4.78, 5) is 22.7. The highest BCUT2D eigenvalue weighted by molar-refractivity contribution is 7.85. The molecular weight excluding hydrogens is 390 g/mol. The van der Waals surface area contributed by atoms with E-state index in [1.807, 2.05) is 0 Å². The van der Waals surface area contributed by atoms with E-state index < -0.39 is 27.7 Å². The van der Waals surface area contributed by atoms with Gasteiger partial charge in [-0.1, -0.05) is 12.1 Å². The standard InChI is InChI=1S/C17H17N3O7S/c21-15-6-5-13(10-14(15)17(23)24)20-19-12-3-1-11(2-4-12)9-16(22)18-7-8-28(25,26)27/h1-6,10,21H,7-9H2,(H,18,22)(H,23,24)(H,25,26,27)/b20-19+. The highest BCUT2D eigenvalue weighted by atomic mass is 32.2. The van der Waals surface area contributed by atoms with Crippen molar-refractivity contribution in [3.8, 4) is 5.75 Å². The molecule has 0 bridgehead atoms. The van der Waals surface area contributed by atoms with Crippen LogP contribution in [0.1, 0.15) is 15.9 Å². The minimum absolute atomic E-state index is 0.0167. The Kier molecular flexibility index (Phi) is 6.79. The first-order valence-electron chi connectivity index (χ1n) is 7.93. The first-order chi connectivity index (χ1) is 13.1. The van der Waals surface area contributed by atoms with Gasteiger partial charge in [-0.15, -0.1) is 0 Å². The molecule has 0 aromatic heterocycles. The van der Waals surface area contributed by atoms with Crippen LogP contribution in [0.2, 0.25) is 0 Å². The maximum Gasteiger partial charge on any atom is 0.339 e. The van der Waals surface area contributed by atoms with E-state index >= 15 is 0 Å². The number of amides is 1. The van der Waals surface area contributed by atoms with E-state index in [-0.39, 0.29) is 30.0 Å². The number of carboxylic acids is 1. The van der Waals surface area contributed by atoms with Gasteiger partial charge in [-0.25, -0.2) is 4.79 Å². The molecule has 0 atom stereocenters. The number of hydrogen-bond acceptors (Lipinski definition) is 7. The molecule has 0 heterocycles. The monoisotopic (exact) mass is 407 g/mol. The smallest absolute Gasteiger partial charge is 0.339 e. The Morgan fingerprint density at radius 2 is 1.61 bits per heavy atom. The van der Waals surface area contributed by atoms with E-state index in [2.05, 4.69) is 15.5 Å². The molecule has 4 N–H and O–H groups in total. The van der Waals surface area contributed by atoms with Crippen LogP contribution in [-0.4, -0.2) is 47.4 Å². The molecule has 0 aliphatic rings. The van der Waals surface area contributed by atoms with Crippen molar-refractivity contribution in [1.82, 2.24) is 5.32 Å². The number of aromatic hydroxyl groups is 1. The van der Waals surface area contributed by atoms with Gasteiger partial charge in [0.05, 0.1) is 23.5 Å². The molecule has 2 aromatic rings. The van der Waals surface area contributed by atoms with E-state index in [0.717, 1.165) is 0 Å². The highest BCUT2D eigenvalue weighted by Gasteiger charge is 2.10. The van der Waals surface area contributed by atoms with Crippen LogP contribution in [0.15, 0.2) is 52.7 Å². The third-order valence-electron chi connectivity index (χ3n) is 3.47. The van der Waals surface area contributed by atoms with Crippen LogP contribution in [0.4, 0.5) is 11.4 Å². The summed E-state index contributed by atoms with van der Waals surface area (Å²) in [6.45, 7) is -0.186. The van der Waals surface area contributed by atoms with Crippen LogP contribution in [0.5, 0.6) is 5.75 Å². The maximum absolute atomic E-state index is 11.7. The Morgan fingerprint density at radius 1 is 1.00 bits per heavy atom. The summed E-state index contributed by atoms with van der Waals surface area (Å²) >= 11 is 0. The van der Waals surface area contributed by atoms with Crippen molar-refractivity contribution >= 4 is 33.4 Å². The summed E-state index contributed by atoms with van der Waals surface area (Å²) in [6, 6.07) is 10.3. The van der Waals surface area contributed by atoms with Gasteiger partial charge in [-0.2, -0.15) is 18.6 Å². The predicted octanol–water partition coefficient (Wildman–Crippen LogP) is 2.05. The largest absolute Gasteiger partial charge is 0.507 e. The van der Waals surface area contributed by atoms with Crippen LogP contribution >= 0.6 is 0 Å². The molecule has 10 nitrogen and oxygen atoms in total. The molecule has 0 fully saturated rings. The van der Waals surface area contributed by atoms with Gasteiger partial charge in [-0.3, -0.25) is 9.35 Å². The van der Waals surface area contributed by atoms with E-state index in [9.17, 15) is 23.1 Å². The number of nitrogens with one attached hydrogen (secondary N) is 1. The Balaban J connectivity index is 1.95. The van der Waals surface area contributed by atoms with Gasteiger partial charge in [0.15, 0.2) is 0 Å². The lowest BCUT2D eigenvalue weighted by Gasteiger charge is -2.04. The van der Waals surface area contributed by atoms with Crippen molar-refractivity contribution in [1.29, 1.82) is 0 Å². The number of carbonyl (C=O) groups is 2. The molecule has 1 amide bonds. The third kappa shape index (κ3) is 6.78. The molecule has 0 spiro atoms. The second kappa shape index (κ2) is 9.06. The van der Waals surface area contributed by atoms with Crippen LogP contribution < -0.4 is 5.32 Å². The summed E-state index contributed by atoms with van der Waals surface area (Å²) in [6.07, 6.45) is 0.0167. The van der Waals surface area contributed by atoms with E-state index in [0.29, 0.717) is 11.3 Å². The first-order valence-corrected chi connectivity index (χ1v) is 9.54. The molecule has 0 radical (unpaired) electrons. The second-order valence-electron chi connectivity index (χ2n) is 5.69. The average Bonchev–Trinajstić information content (AvgIpc) is 2.61. The lowest BCUT2D eigenvalue weighted by atomic mass is 10.1. The zero-order valence-electron chi connectivity index (χ0n) is 14.4. The Labute approximate surface area is 160 Å². The number of azo groups is 1. The molecular formula is C17H17N3O7S. The van der Waals surface area contributed by atoms with Gasteiger partial charge in [0.25, 0.3) is 10.1 Å². The van der Waals surface area contributed by atoms with E-state index in [4.69, 9.17) is 9.66 Å². The number of nitrogens with zero attached hydrogens (tertiary/aromatic N) is 2. The molecule has 0 aliphatic heterocycles. The maximum atomic E-state index is 11.7. The van der Waals surface area contributed by atoms with Crippen LogP contribution in [0, 0.1) is 0 Å². The van der Waals surface area contributed by atoms with Crippen molar-refractivity contribution in [2.75, 3.05) is 12.3 Å². The minimum Gasteiger partial charge on any atom is -0.507 e. The fourth-order valence-corrected chi connectivity index (χ4v) is 2.48. The number of carbonyl (C=O) groups excluding carboxylic acids is 1. The Morgan fingerprint density at radius 3 is 2.21 bits per heavy atom. The van der Waals surface area contributed by atoms with Gasteiger partial charge in [-0.05, 0) is 35.9 Å². The van der Waals surface area contributed by atoms with Crippen molar-refractivity contribution in [3.05, 3.63) is 53.6 Å². The number of benzene rings is 2. The average molecular weight is 407 g/mol. The summed E-state index contributed by atoms with van der Waals surface area (Å²) in [5.74, 6) is -2.61.